The van der Waals surface area contributed by atoms with Crippen molar-refractivity contribution in [2.75, 3.05) is 13.6 Å². The maximum absolute atomic E-state index is 4.10. The van der Waals surface area contributed by atoms with Crippen molar-refractivity contribution in [3.63, 3.8) is 0 Å². The molecule has 5 heteroatoms. The van der Waals surface area contributed by atoms with E-state index in [1.165, 1.54) is 31.4 Å². The molecule has 16 heavy (non-hydrogen) atoms. The number of rotatable bonds is 3. The van der Waals surface area contributed by atoms with Crippen molar-refractivity contribution < 1.29 is 0 Å². The molecule has 1 aliphatic rings. The summed E-state index contributed by atoms with van der Waals surface area (Å²) in [6, 6.07) is 0. The first kappa shape index (κ1) is 12.0. The minimum absolute atomic E-state index is 0.593. The van der Waals surface area contributed by atoms with E-state index < -0.39 is 0 Å². The Balaban J connectivity index is 2.22. The van der Waals surface area contributed by atoms with Gasteiger partial charge in [0.25, 0.3) is 0 Å². The van der Waals surface area contributed by atoms with Gasteiger partial charge >= 0.3 is 0 Å². The zero-order valence-electron chi connectivity index (χ0n) is 9.91. The second kappa shape index (κ2) is 5.27. The molecule has 1 aromatic heterocycles. The van der Waals surface area contributed by atoms with Gasteiger partial charge in [0.15, 0.2) is 4.60 Å². The second-order valence-electron chi connectivity index (χ2n) is 4.60. The van der Waals surface area contributed by atoms with Crippen LogP contribution in [-0.2, 0) is 7.05 Å². The number of aryl methyl sites for hydroxylation is 1. The first-order valence-corrected chi connectivity index (χ1v) is 6.73. The van der Waals surface area contributed by atoms with Gasteiger partial charge in [-0.25, -0.2) is 0 Å². The fourth-order valence-corrected chi connectivity index (χ4v) is 3.43. The van der Waals surface area contributed by atoms with Crippen molar-refractivity contribution in [1.82, 2.24) is 20.3 Å². The lowest BCUT2D eigenvalue weighted by Gasteiger charge is -2.31. The molecular weight excluding hydrogens is 268 g/mol. The molecule has 1 fully saturated rings. The lowest BCUT2D eigenvalue weighted by Crippen LogP contribution is -2.28. The number of nitrogens with zero attached hydrogens (tertiary/aromatic N) is 3. The predicted octanol–water partition coefficient (Wildman–Crippen LogP) is 2.07. The Kier molecular flexibility index (Phi) is 3.97. The smallest absolute Gasteiger partial charge is 0.151 e. The summed E-state index contributed by atoms with van der Waals surface area (Å²) in [6.07, 6.45) is 5.24. The van der Waals surface area contributed by atoms with E-state index in [1.54, 1.807) is 0 Å². The molecule has 0 aliphatic heterocycles. The molecule has 0 aromatic carbocycles. The maximum Gasteiger partial charge on any atom is 0.151 e. The van der Waals surface area contributed by atoms with Crippen molar-refractivity contribution in [2.24, 2.45) is 13.0 Å². The fraction of sp³-hybridized carbons (Fsp3) is 0.818. The average Bonchev–Trinajstić information content (AvgIpc) is 2.60. The molecule has 90 valence electrons. The molecule has 1 N–H and O–H groups in total. The minimum atomic E-state index is 0.593. The summed E-state index contributed by atoms with van der Waals surface area (Å²) in [5.74, 6) is 1.31. The van der Waals surface area contributed by atoms with Crippen LogP contribution >= 0.6 is 15.9 Å². The van der Waals surface area contributed by atoms with Crippen molar-refractivity contribution in [2.45, 2.75) is 31.6 Å². The summed E-state index contributed by atoms with van der Waals surface area (Å²) < 4.78 is 2.84. The van der Waals surface area contributed by atoms with E-state index in [0.717, 1.165) is 11.1 Å². The second-order valence-corrected chi connectivity index (χ2v) is 5.35. The molecule has 0 bridgehead atoms. The standard InChI is InChI=1S/C11H19BrN4/c1-13-7-8-5-3-4-6-9(8)10-11(12)14-15-16(10)2/h8-9,13H,3-7H2,1-2H3. The molecule has 1 saturated carbocycles. The fourth-order valence-electron chi connectivity index (χ4n) is 2.81. The number of halogens is 1. The zero-order chi connectivity index (χ0) is 11.5. The van der Waals surface area contributed by atoms with Crippen LogP contribution in [0.3, 0.4) is 0 Å². The van der Waals surface area contributed by atoms with E-state index in [0.29, 0.717) is 11.8 Å². The Bertz CT molecular complexity index is 328. The van der Waals surface area contributed by atoms with Gasteiger partial charge in [-0.1, -0.05) is 18.1 Å². The molecule has 2 rings (SSSR count). The first-order valence-electron chi connectivity index (χ1n) is 5.93. The van der Waals surface area contributed by atoms with Crippen LogP contribution in [0.15, 0.2) is 4.60 Å². The Labute approximate surface area is 105 Å². The molecule has 0 saturated heterocycles. The van der Waals surface area contributed by atoms with Gasteiger partial charge in [-0.15, -0.1) is 5.10 Å². The normalized spacial score (nSPS) is 25.9. The van der Waals surface area contributed by atoms with Gasteiger partial charge < -0.3 is 5.32 Å². The zero-order valence-corrected chi connectivity index (χ0v) is 11.5. The summed E-state index contributed by atoms with van der Waals surface area (Å²) >= 11 is 3.52. The highest BCUT2D eigenvalue weighted by molar-refractivity contribution is 9.10. The molecule has 0 amide bonds. The monoisotopic (exact) mass is 286 g/mol. The van der Waals surface area contributed by atoms with Crippen LogP contribution in [0.25, 0.3) is 0 Å². The molecule has 1 heterocycles. The third-order valence-electron chi connectivity index (χ3n) is 3.55. The topological polar surface area (TPSA) is 42.7 Å². The van der Waals surface area contributed by atoms with Gasteiger partial charge in [0.2, 0.25) is 0 Å². The van der Waals surface area contributed by atoms with E-state index in [2.05, 4.69) is 31.6 Å². The van der Waals surface area contributed by atoms with Gasteiger partial charge in [-0.05, 0) is 48.3 Å². The highest BCUT2D eigenvalue weighted by Gasteiger charge is 2.30. The molecule has 2 unspecified atom stereocenters. The Morgan fingerprint density at radius 1 is 1.44 bits per heavy atom. The van der Waals surface area contributed by atoms with E-state index in [4.69, 9.17) is 0 Å². The Hall–Kier alpha value is -0.420. The van der Waals surface area contributed by atoms with Crippen LogP contribution in [0.4, 0.5) is 0 Å². The maximum atomic E-state index is 4.10. The van der Waals surface area contributed by atoms with Gasteiger partial charge in [-0.3, -0.25) is 4.68 Å². The van der Waals surface area contributed by atoms with Crippen LogP contribution < -0.4 is 5.32 Å². The minimum Gasteiger partial charge on any atom is -0.319 e. The number of nitrogens with one attached hydrogen (secondary N) is 1. The van der Waals surface area contributed by atoms with Crippen LogP contribution in [0.5, 0.6) is 0 Å². The largest absolute Gasteiger partial charge is 0.319 e. The van der Waals surface area contributed by atoms with Crippen LogP contribution in [0, 0.1) is 5.92 Å². The van der Waals surface area contributed by atoms with Crippen molar-refractivity contribution >= 4 is 15.9 Å². The van der Waals surface area contributed by atoms with E-state index >= 15 is 0 Å². The lowest BCUT2D eigenvalue weighted by atomic mass is 9.77. The highest BCUT2D eigenvalue weighted by Crippen LogP contribution is 2.39. The van der Waals surface area contributed by atoms with Gasteiger partial charge in [0.05, 0.1) is 5.69 Å². The summed E-state index contributed by atoms with van der Waals surface area (Å²) in [5, 5.41) is 11.5. The van der Waals surface area contributed by atoms with E-state index in [9.17, 15) is 0 Å². The molecule has 0 radical (unpaired) electrons. The number of aromatic nitrogens is 3. The summed E-state index contributed by atoms with van der Waals surface area (Å²) in [7, 11) is 4.01. The van der Waals surface area contributed by atoms with Crippen LogP contribution in [0.2, 0.25) is 0 Å². The van der Waals surface area contributed by atoms with E-state index in [-0.39, 0.29) is 0 Å². The third kappa shape index (κ3) is 2.30. The van der Waals surface area contributed by atoms with Crippen molar-refractivity contribution in [3.8, 4) is 0 Å². The number of hydrogen-bond acceptors (Lipinski definition) is 3. The predicted molar refractivity (Wildman–Crippen MR) is 67.3 cm³/mol. The molecule has 0 spiro atoms. The summed E-state index contributed by atoms with van der Waals surface area (Å²) in [4.78, 5) is 0. The van der Waals surface area contributed by atoms with Crippen molar-refractivity contribution in [1.29, 1.82) is 0 Å². The Morgan fingerprint density at radius 2 is 2.19 bits per heavy atom. The van der Waals surface area contributed by atoms with Crippen LogP contribution in [-0.4, -0.2) is 28.6 Å². The molecule has 2 atom stereocenters. The third-order valence-corrected chi connectivity index (χ3v) is 4.12. The molecule has 1 aliphatic carbocycles. The summed E-state index contributed by atoms with van der Waals surface area (Å²) in [5.41, 5.74) is 1.26. The summed E-state index contributed by atoms with van der Waals surface area (Å²) in [6.45, 7) is 1.09. The van der Waals surface area contributed by atoms with E-state index in [1.807, 2.05) is 18.8 Å². The van der Waals surface area contributed by atoms with Crippen molar-refractivity contribution in [3.05, 3.63) is 10.3 Å². The Morgan fingerprint density at radius 3 is 2.81 bits per heavy atom. The van der Waals surface area contributed by atoms with Crippen LogP contribution in [0.1, 0.15) is 37.3 Å². The highest BCUT2D eigenvalue weighted by atomic mass is 79.9. The average molecular weight is 287 g/mol. The van der Waals surface area contributed by atoms with Gasteiger partial charge in [-0.2, -0.15) is 0 Å². The quantitative estimate of drug-likeness (QED) is 0.925. The number of hydrogen-bond donors (Lipinski definition) is 1. The molecule has 1 aromatic rings. The van der Waals surface area contributed by atoms with Gasteiger partial charge in [0.1, 0.15) is 0 Å². The first-order chi connectivity index (χ1) is 7.74. The molecule has 4 nitrogen and oxygen atoms in total. The molecular formula is C11H19BrN4. The van der Waals surface area contributed by atoms with Gasteiger partial charge in [0, 0.05) is 13.0 Å². The lowest BCUT2D eigenvalue weighted by molar-refractivity contribution is 0.290. The SMILES string of the molecule is CNCC1CCCCC1c1c(Br)nnn1C.